The molecular formula is C14H16O5. The van der Waals surface area contributed by atoms with Gasteiger partial charge in [0.25, 0.3) is 0 Å². The van der Waals surface area contributed by atoms with E-state index in [1.165, 1.54) is 7.11 Å². The molecule has 0 aliphatic rings. The third-order valence-corrected chi connectivity index (χ3v) is 2.29. The second-order valence-corrected chi connectivity index (χ2v) is 3.83. The van der Waals surface area contributed by atoms with Crippen molar-refractivity contribution < 1.29 is 24.2 Å². The second kappa shape index (κ2) is 8.05. The second-order valence-electron chi connectivity index (χ2n) is 3.83. The summed E-state index contributed by atoms with van der Waals surface area (Å²) < 4.78 is 9.11. The van der Waals surface area contributed by atoms with Gasteiger partial charge in [-0.1, -0.05) is 30.3 Å². The van der Waals surface area contributed by atoms with Gasteiger partial charge in [0.15, 0.2) is 0 Å². The van der Waals surface area contributed by atoms with Crippen LogP contribution in [0.2, 0.25) is 0 Å². The molecule has 0 aliphatic carbocycles. The number of ether oxygens (including phenoxy) is 2. The summed E-state index contributed by atoms with van der Waals surface area (Å²) >= 11 is 0. The molecule has 5 nitrogen and oxygen atoms in total. The minimum absolute atomic E-state index is 0.126. The maximum atomic E-state index is 11.2. The van der Waals surface area contributed by atoms with Gasteiger partial charge >= 0.3 is 11.9 Å². The highest BCUT2D eigenvalue weighted by molar-refractivity contribution is 5.91. The lowest BCUT2D eigenvalue weighted by Gasteiger charge is -2.10. The average Bonchev–Trinajstić information content (AvgIpc) is 2.43. The first-order valence-electron chi connectivity index (χ1n) is 5.76. The normalized spacial score (nSPS) is 12.1. The Kier molecular flexibility index (Phi) is 6.32. The summed E-state index contributed by atoms with van der Waals surface area (Å²) in [4.78, 5) is 21.9. The third kappa shape index (κ3) is 6.38. The number of rotatable bonds is 6. The third-order valence-electron chi connectivity index (χ3n) is 2.29. The largest absolute Gasteiger partial charge is 0.466 e. The average molecular weight is 264 g/mol. The van der Waals surface area contributed by atoms with Crippen molar-refractivity contribution in [3.63, 3.8) is 0 Å². The molecule has 1 atom stereocenters. The van der Waals surface area contributed by atoms with E-state index >= 15 is 0 Å². The molecule has 0 saturated carbocycles. The number of esters is 2. The first-order valence-corrected chi connectivity index (χ1v) is 5.76. The molecule has 0 saturated heterocycles. The SMILES string of the molecule is COC(=O)/C=C\C(=O)OCC(O)Cc1ccccc1. The van der Waals surface area contributed by atoms with Crippen molar-refractivity contribution in [3.05, 3.63) is 48.0 Å². The molecule has 1 aromatic carbocycles. The van der Waals surface area contributed by atoms with Crippen molar-refractivity contribution in [2.75, 3.05) is 13.7 Å². The number of aliphatic hydroxyl groups excluding tert-OH is 1. The molecule has 19 heavy (non-hydrogen) atoms. The van der Waals surface area contributed by atoms with E-state index in [1.54, 1.807) is 0 Å². The lowest BCUT2D eigenvalue weighted by atomic mass is 10.1. The van der Waals surface area contributed by atoms with Gasteiger partial charge in [-0.2, -0.15) is 0 Å². The first-order chi connectivity index (χ1) is 9.11. The fourth-order valence-corrected chi connectivity index (χ4v) is 1.38. The molecule has 0 aliphatic heterocycles. The summed E-state index contributed by atoms with van der Waals surface area (Å²) in [7, 11) is 1.21. The summed E-state index contributed by atoms with van der Waals surface area (Å²) in [5.74, 6) is -1.33. The molecule has 1 aromatic rings. The number of hydrogen-bond donors (Lipinski definition) is 1. The standard InChI is InChI=1S/C14H16O5/c1-18-13(16)7-8-14(17)19-10-12(15)9-11-5-3-2-4-6-11/h2-8,12,15H,9-10H2,1H3/b8-7-. The maximum absolute atomic E-state index is 11.2. The van der Waals surface area contributed by atoms with Gasteiger partial charge in [0.1, 0.15) is 6.61 Å². The van der Waals surface area contributed by atoms with Gasteiger partial charge in [0.05, 0.1) is 13.2 Å². The zero-order chi connectivity index (χ0) is 14.1. The van der Waals surface area contributed by atoms with Gasteiger partial charge in [-0.05, 0) is 5.56 Å². The monoisotopic (exact) mass is 264 g/mol. The topological polar surface area (TPSA) is 72.8 Å². The Hall–Kier alpha value is -2.14. The van der Waals surface area contributed by atoms with Gasteiger partial charge in [-0.25, -0.2) is 9.59 Å². The Morgan fingerprint density at radius 3 is 2.47 bits per heavy atom. The molecule has 0 bridgehead atoms. The Morgan fingerprint density at radius 1 is 1.21 bits per heavy atom. The van der Waals surface area contributed by atoms with Crippen molar-refractivity contribution >= 4 is 11.9 Å². The van der Waals surface area contributed by atoms with E-state index in [1.807, 2.05) is 30.3 Å². The van der Waals surface area contributed by atoms with Crippen LogP contribution in [0.5, 0.6) is 0 Å². The summed E-state index contributed by atoms with van der Waals surface area (Å²) in [5.41, 5.74) is 0.955. The van der Waals surface area contributed by atoms with Gasteiger partial charge in [-0.15, -0.1) is 0 Å². The Balaban J connectivity index is 2.30. The molecule has 0 aromatic heterocycles. The lowest BCUT2D eigenvalue weighted by molar-refractivity contribution is -0.141. The van der Waals surface area contributed by atoms with Crippen LogP contribution in [0.4, 0.5) is 0 Å². The van der Waals surface area contributed by atoms with Crippen molar-refractivity contribution in [1.29, 1.82) is 0 Å². The predicted molar refractivity (Wildman–Crippen MR) is 68.3 cm³/mol. The minimum atomic E-state index is -0.780. The number of aliphatic hydroxyl groups is 1. The first kappa shape index (κ1) is 14.9. The van der Waals surface area contributed by atoms with Gasteiger partial charge in [0.2, 0.25) is 0 Å². The summed E-state index contributed by atoms with van der Waals surface area (Å²) in [6.45, 7) is -0.126. The molecular weight excluding hydrogens is 248 g/mol. The van der Waals surface area contributed by atoms with Crippen LogP contribution < -0.4 is 0 Å². The predicted octanol–water partition coefficient (Wildman–Crippen LogP) is 0.862. The highest BCUT2D eigenvalue weighted by Crippen LogP contribution is 2.03. The van der Waals surface area contributed by atoms with E-state index in [2.05, 4.69) is 4.74 Å². The van der Waals surface area contributed by atoms with E-state index < -0.39 is 18.0 Å². The minimum Gasteiger partial charge on any atom is -0.466 e. The summed E-state index contributed by atoms with van der Waals surface area (Å²) in [5, 5.41) is 9.68. The molecule has 5 heteroatoms. The molecule has 0 heterocycles. The van der Waals surface area contributed by atoms with E-state index in [0.717, 1.165) is 17.7 Å². The molecule has 0 spiro atoms. The summed E-state index contributed by atoms with van der Waals surface area (Å²) in [6, 6.07) is 9.37. The van der Waals surface area contributed by atoms with Gasteiger partial charge < -0.3 is 14.6 Å². The highest BCUT2D eigenvalue weighted by Gasteiger charge is 2.08. The van der Waals surface area contributed by atoms with E-state index in [0.29, 0.717) is 6.42 Å². The molecule has 102 valence electrons. The quantitative estimate of drug-likeness (QED) is 0.609. The number of hydrogen-bond acceptors (Lipinski definition) is 5. The summed E-state index contributed by atoms with van der Waals surface area (Å²) in [6.07, 6.45) is 1.54. The Bertz CT molecular complexity index is 438. The van der Waals surface area contributed by atoms with Crippen molar-refractivity contribution in [1.82, 2.24) is 0 Å². The molecule has 1 rings (SSSR count). The van der Waals surface area contributed by atoms with Gasteiger partial charge in [-0.3, -0.25) is 0 Å². The van der Waals surface area contributed by atoms with Crippen LogP contribution in [-0.4, -0.2) is 36.9 Å². The van der Waals surface area contributed by atoms with Crippen molar-refractivity contribution in [2.24, 2.45) is 0 Å². The molecule has 0 fully saturated rings. The zero-order valence-electron chi connectivity index (χ0n) is 10.6. The highest BCUT2D eigenvalue weighted by atomic mass is 16.5. The fraction of sp³-hybridized carbons (Fsp3) is 0.286. The molecule has 1 N–H and O–H groups in total. The van der Waals surface area contributed by atoms with E-state index in [9.17, 15) is 14.7 Å². The van der Waals surface area contributed by atoms with E-state index in [-0.39, 0.29) is 6.61 Å². The smallest absolute Gasteiger partial charge is 0.331 e. The molecule has 0 radical (unpaired) electrons. The fourth-order valence-electron chi connectivity index (χ4n) is 1.38. The number of carbonyl (C=O) groups is 2. The van der Waals surface area contributed by atoms with E-state index in [4.69, 9.17) is 4.74 Å². The van der Waals surface area contributed by atoms with Crippen LogP contribution in [0.1, 0.15) is 5.56 Å². The van der Waals surface area contributed by atoms with Crippen LogP contribution in [-0.2, 0) is 25.5 Å². The van der Waals surface area contributed by atoms with Crippen molar-refractivity contribution in [2.45, 2.75) is 12.5 Å². The number of carbonyl (C=O) groups excluding carboxylic acids is 2. The van der Waals surface area contributed by atoms with Crippen molar-refractivity contribution in [3.8, 4) is 0 Å². The Morgan fingerprint density at radius 2 is 1.84 bits per heavy atom. The lowest BCUT2D eigenvalue weighted by Crippen LogP contribution is -2.20. The van der Waals surface area contributed by atoms with Gasteiger partial charge in [0, 0.05) is 18.6 Å². The van der Waals surface area contributed by atoms with Crippen LogP contribution in [0.3, 0.4) is 0 Å². The molecule has 1 unspecified atom stereocenters. The molecule has 0 amide bonds. The van der Waals surface area contributed by atoms with Crippen LogP contribution in [0.15, 0.2) is 42.5 Å². The Labute approximate surface area is 111 Å². The van der Waals surface area contributed by atoms with Crippen LogP contribution in [0.25, 0.3) is 0 Å². The maximum Gasteiger partial charge on any atom is 0.331 e. The number of benzene rings is 1. The number of methoxy groups -OCH3 is 1. The van der Waals surface area contributed by atoms with Crippen LogP contribution in [0, 0.1) is 0 Å². The van der Waals surface area contributed by atoms with Crippen LogP contribution >= 0.6 is 0 Å². The zero-order valence-corrected chi connectivity index (χ0v) is 10.6.